The van der Waals surface area contributed by atoms with E-state index in [1.165, 1.54) is 40.2 Å². The molecule has 3 heterocycles. The highest BCUT2D eigenvalue weighted by Crippen LogP contribution is 2.35. The summed E-state index contributed by atoms with van der Waals surface area (Å²) in [6, 6.07) is 0. The molecule has 0 aromatic carbocycles. The van der Waals surface area contributed by atoms with Crippen molar-refractivity contribution >= 4 is 44.8 Å². The van der Waals surface area contributed by atoms with Crippen LogP contribution in [0.15, 0.2) is 14.3 Å². The zero-order valence-electron chi connectivity index (χ0n) is 14.1. The smallest absolute Gasteiger partial charge is 0.263 e. The lowest BCUT2D eigenvalue weighted by atomic mass is 9.97. The molecule has 0 saturated carbocycles. The van der Waals surface area contributed by atoms with Crippen LogP contribution in [0.1, 0.15) is 29.1 Å². The lowest BCUT2D eigenvalue weighted by molar-refractivity contribution is 0.183. The van der Waals surface area contributed by atoms with Gasteiger partial charge < -0.3 is 4.74 Å². The van der Waals surface area contributed by atoms with Gasteiger partial charge in [-0.1, -0.05) is 0 Å². The van der Waals surface area contributed by atoms with Gasteiger partial charge in [-0.25, -0.2) is 9.97 Å². The van der Waals surface area contributed by atoms with Crippen molar-refractivity contribution in [1.82, 2.24) is 18.9 Å². The average molecular weight is 395 g/mol. The minimum absolute atomic E-state index is 0.0465. The fourth-order valence-electron chi connectivity index (χ4n) is 3.08. The maximum atomic E-state index is 13.2. The number of aromatic nitrogens is 4. The van der Waals surface area contributed by atoms with Gasteiger partial charge in [0.2, 0.25) is 0 Å². The maximum absolute atomic E-state index is 13.2. The van der Waals surface area contributed by atoms with Gasteiger partial charge in [-0.2, -0.15) is 4.37 Å². The summed E-state index contributed by atoms with van der Waals surface area (Å²) in [5.74, 6) is 0.742. The van der Waals surface area contributed by atoms with E-state index in [4.69, 9.17) is 9.72 Å². The lowest BCUT2D eigenvalue weighted by Crippen LogP contribution is -2.25. The SMILES string of the molecule is COCCn1c(Sc2nc(C)ns2)nc2sc3c(c2c1=O)CCCC3. The van der Waals surface area contributed by atoms with Gasteiger partial charge in [0.05, 0.1) is 18.5 Å². The second-order valence-electron chi connectivity index (χ2n) is 5.94. The van der Waals surface area contributed by atoms with Crippen molar-refractivity contribution in [3.8, 4) is 0 Å². The molecule has 3 aromatic heterocycles. The third-order valence-corrected chi connectivity index (χ3v) is 7.27. The third-order valence-electron chi connectivity index (χ3n) is 4.25. The molecule has 0 atom stereocenters. The predicted molar refractivity (Wildman–Crippen MR) is 101 cm³/mol. The second-order valence-corrected chi connectivity index (χ2v) is 8.99. The summed E-state index contributed by atoms with van der Waals surface area (Å²) < 4.78 is 11.9. The summed E-state index contributed by atoms with van der Waals surface area (Å²) in [7, 11) is 1.64. The van der Waals surface area contributed by atoms with E-state index in [1.807, 2.05) is 6.92 Å². The highest BCUT2D eigenvalue weighted by molar-refractivity contribution is 8.00. The van der Waals surface area contributed by atoms with Crippen LogP contribution < -0.4 is 5.56 Å². The topological polar surface area (TPSA) is 69.9 Å². The van der Waals surface area contributed by atoms with Crippen molar-refractivity contribution in [2.75, 3.05) is 13.7 Å². The van der Waals surface area contributed by atoms with Gasteiger partial charge in [0.1, 0.15) is 10.7 Å². The lowest BCUT2D eigenvalue weighted by Gasteiger charge is -2.12. The second kappa shape index (κ2) is 7.14. The van der Waals surface area contributed by atoms with E-state index < -0.39 is 0 Å². The molecule has 0 saturated heterocycles. The fraction of sp³-hybridized carbons (Fsp3) is 0.500. The number of methoxy groups -OCH3 is 1. The number of nitrogens with zero attached hydrogens (tertiary/aromatic N) is 4. The molecule has 0 aliphatic heterocycles. The zero-order chi connectivity index (χ0) is 17.4. The summed E-state index contributed by atoms with van der Waals surface area (Å²) in [6.45, 7) is 2.83. The van der Waals surface area contributed by atoms with Gasteiger partial charge in [0.15, 0.2) is 9.50 Å². The average Bonchev–Trinajstić information content (AvgIpc) is 3.17. The third kappa shape index (κ3) is 3.25. The van der Waals surface area contributed by atoms with Crippen LogP contribution in [-0.4, -0.2) is 32.6 Å². The van der Waals surface area contributed by atoms with Crippen molar-refractivity contribution in [2.45, 2.75) is 48.6 Å². The largest absolute Gasteiger partial charge is 0.383 e. The van der Waals surface area contributed by atoms with Crippen molar-refractivity contribution < 1.29 is 4.74 Å². The van der Waals surface area contributed by atoms with Crippen LogP contribution in [-0.2, 0) is 24.1 Å². The molecule has 1 aliphatic carbocycles. The monoisotopic (exact) mass is 394 g/mol. The Hall–Kier alpha value is -1.29. The Morgan fingerprint density at radius 1 is 1.28 bits per heavy atom. The van der Waals surface area contributed by atoms with Gasteiger partial charge in [0.25, 0.3) is 5.56 Å². The summed E-state index contributed by atoms with van der Waals surface area (Å²) in [4.78, 5) is 24.6. The van der Waals surface area contributed by atoms with Crippen LogP contribution in [0.5, 0.6) is 0 Å². The first kappa shape index (κ1) is 17.1. The minimum Gasteiger partial charge on any atom is -0.383 e. The molecule has 0 radical (unpaired) electrons. The molecule has 0 unspecified atom stereocenters. The Kier molecular flexibility index (Phi) is 4.90. The van der Waals surface area contributed by atoms with E-state index in [2.05, 4.69) is 9.36 Å². The van der Waals surface area contributed by atoms with E-state index in [0.29, 0.717) is 18.3 Å². The molecule has 4 rings (SSSR count). The van der Waals surface area contributed by atoms with Crippen molar-refractivity contribution in [3.05, 3.63) is 26.6 Å². The summed E-state index contributed by atoms with van der Waals surface area (Å²) in [5.41, 5.74) is 1.27. The summed E-state index contributed by atoms with van der Waals surface area (Å²) >= 11 is 4.42. The number of fused-ring (bicyclic) bond motifs is 3. The molecule has 0 N–H and O–H groups in total. The van der Waals surface area contributed by atoms with E-state index >= 15 is 0 Å². The van der Waals surface area contributed by atoms with Crippen molar-refractivity contribution in [1.29, 1.82) is 0 Å². The van der Waals surface area contributed by atoms with Gasteiger partial charge >= 0.3 is 0 Å². The van der Waals surface area contributed by atoms with E-state index in [1.54, 1.807) is 23.0 Å². The highest BCUT2D eigenvalue weighted by Gasteiger charge is 2.22. The molecule has 0 amide bonds. The standard InChI is InChI=1S/C16H18N4O2S3/c1-9-17-16(25-19-9)24-15-18-13-12(14(21)20(15)7-8-22-2)10-5-3-4-6-11(10)23-13/h3-8H2,1-2H3. The van der Waals surface area contributed by atoms with Gasteiger partial charge in [0, 0.05) is 12.0 Å². The van der Waals surface area contributed by atoms with Gasteiger partial charge in [-0.3, -0.25) is 9.36 Å². The Bertz CT molecular complexity index is 976. The van der Waals surface area contributed by atoms with Gasteiger partial charge in [-0.15, -0.1) is 11.3 Å². The summed E-state index contributed by atoms with van der Waals surface area (Å²) in [5, 5.41) is 1.48. The number of thiophene rings is 1. The Morgan fingerprint density at radius 3 is 2.88 bits per heavy atom. The Morgan fingerprint density at radius 2 is 2.12 bits per heavy atom. The van der Waals surface area contributed by atoms with Crippen LogP contribution in [0.4, 0.5) is 0 Å². The number of hydrogen-bond donors (Lipinski definition) is 0. The van der Waals surface area contributed by atoms with Crippen LogP contribution in [0, 0.1) is 6.92 Å². The molecule has 25 heavy (non-hydrogen) atoms. The van der Waals surface area contributed by atoms with Crippen molar-refractivity contribution in [3.63, 3.8) is 0 Å². The number of ether oxygens (including phenoxy) is 1. The molecule has 0 fully saturated rings. The van der Waals surface area contributed by atoms with Crippen LogP contribution in [0.25, 0.3) is 10.2 Å². The molecule has 9 heteroatoms. The molecular formula is C16H18N4O2S3. The first-order valence-electron chi connectivity index (χ1n) is 8.19. The Labute approximate surface area is 157 Å². The van der Waals surface area contributed by atoms with Crippen LogP contribution in [0.2, 0.25) is 0 Å². The van der Waals surface area contributed by atoms with E-state index in [0.717, 1.165) is 39.6 Å². The molecule has 3 aromatic rings. The highest BCUT2D eigenvalue weighted by atomic mass is 32.2. The first-order chi connectivity index (χ1) is 12.2. The fourth-order valence-corrected chi connectivity index (χ4v) is 6.05. The first-order valence-corrected chi connectivity index (χ1v) is 10.6. The molecular weight excluding hydrogens is 376 g/mol. The van der Waals surface area contributed by atoms with E-state index in [-0.39, 0.29) is 5.56 Å². The molecule has 0 bridgehead atoms. The number of aryl methyl sites for hydroxylation is 3. The normalized spacial score (nSPS) is 14.2. The number of hydrogen-bond acceptors (Lipinski definition) is 8. The minimum atomic E-state index is 0.0465. The maximum Gasteiger partial charge on any atom is 0.263 e. The van der Waals surface area contributed by atoms with Gasteiger partial charge in [-0.05, 0) is 61.5 Å². The van der Waals surface area contributed by atoms with Crippen LogP contribution in [0.3, 0.4) is 0 Å². The van der Waals surface area contributed by atoms with Crippen molar-refractivity contribution in [2.24, 2.45) is 0 Å². The van der Waals surface area contributed by atoms with Crippen LogP contribution >= 0.6 is 34.6 Å². The quantitative estimate of drug-likeness (QED) is 0.619. The number of rotatable bonds is 5. The Balaban J connectivity index is 1.86. The zero-order valence-corrected chi connectivity index (χ0v) is 16.5. The molecule has 1 aliphatic rings. The molecule has 0 spiro atoms. The molecule has 132 valence electrons. The molecule has 6 nitrogen and oxygen atoms in total. The summed E-state index contributed by atoms with van der Waals surface area (Å²) in [6.07, 6.45) is 4.39. The predicted octanol–water partition coefficient (Wildman–Crippen LogP) is 3.29. The van der Waals surface area contributed by atoms with E-state index in [9.17, 15) is 4.79 Å².